The predicted octanol–water partition coefficient (Wildman–Crippen LogP) is 2.11. The average molecular weight is 214 g/mol. The third kappa shape index (κ3) is 2.19. The predicted molar refractivity (Wildman–Crippen MR) is 51.6 cm³/mol. The van der Waals surface area contributed by atoms with Gasteiger partial charge in [-0.2, -0.15) is 5.26 Å². The van der Waals surface area contributed by atoms with Gasteiger partial charge in [-0.05, 0) is 12.8 Å². The van der Waals surface area contributed by atoms with Gasteiger partial charge in [0.1, 0.15) is 15.4 Å². The van der Waals surface area contributed by atoms with Gasteiger partial charge in [0, 0.05) is 6.04 Å². The zero-order chi connectivity index (χ0) is 9.26. The van der Waals surface area contributed by atoms with Crippen LogP contribution in [-0.2, 0) is 0 Å². The number of hydrogen-bond acceptors (Lipinski definition) is 4. The maximum atomic E-state index is 8.88. The quantitative estimate of drug-likeness (QED) is 0.837. The molecular weight excluding hydrogens is 206 g/mol. The topological polar surface area (TPSA) is 48.7 Å². The van der Waals surface area contributed by atoms with Crippen LogP contribution in [0.5, 0.6) is 0 Å². The van der Waals surface area contributed by atoms with Gasteiger partial charge in [0.2, 0.25) is 0 Å². The van der Waals surface area contributed by atoms with E-state index in [1.165, 1.54) is 11.3 Å². The molecule has 0 spiro atoms. The summed E-state index contributed by atoms with van der Waals surface area (Å²) in [6, 6.07) is 2.40. The van der Waals surface area contributed by atoms with E-state index >= 15 is 0 Å². The number of nitriles is 1. The van der Waals surface area contributed by atoms with Crippen LogP contribution in [0.4, 0.5) is 0 Å². The molecule has 1 heterocycles. The Morgan fingerprint density at radius 2 is 2.54 bits per heavy atom. The van der Waals surface area contributed by atoms with E-state index in [0.717, 1.165) is 17.8 Å². The second kappa shape index (κ2) is 3.62. The molecule has 13 heavy (non-hydrogen) atoms. The van der Waals surface area contributed by atoms with Crippen LogP contribution in [0.2, 0.25) is 4.34 Å². The van der Waals surface area contributed by atoms with Crippen LogP contribution in [0.1, 0.15) is 23.9 Å². The van der Waals surface area contributed by atoms with E-state index in [9.17, 15) is 0 Å². The summed E-state index contributed by atoms with van der Waals surface area (Å²) in [5.74, 6) is 0. The van der Waals surface area contributed by atoms with E-state index in [1.807, 2.05) is 0 Å². The minimum atomic E-state index is -0.287. The molecule has 2 rings (SSSR count). The summed E-state index contributed by atoms with van der Waals surface area (Å²) in [7, 11) is 0. The Morgan fingerprint density at radius 1 is 1.77 bits per heavy atom. The molecule has 0 radical (unpaired) electrons. The second-order valence-electron chi connectivity index (χ2n) is 3.01. The van der Waals surface area contributed by atoms with Crippen molar-refractivity contribution in [3.63, 3.8) is 0 Å². The monoisotopic (exact) mass is 213 g/mol. The maximum Gasteiger partial charge on any atom is 0.148 e. The number of thiazole rings is 1. The lowest BCUT2D eigenvalue weighted by molar-refractivity contribution is 0.623. The number of rotatable bonds is 3. The maximum absolute atomic E-state index is 8.88. The van der Waals surface area contributed by atoms with Crippen molar-refractivity contribution in [2.45, 2.75) is 24.9 Å². The zero-order valence-corrected chi connectivity index (χ0v) is 8.40. The molecule has 1 aliphatic carbocycles. The van der Waals surface area contributed by atoms with Gasteiger partial charge >= 0.3 is 0 Å². The van der Waals surface area contributed by atoms with Gasteiger partial charge in [-0.15, -0.1) is 11.3 Å². The highest BCUT2D eigenvalue weighted by Crippen LogP contribution is 2.27. The zero-order valence-electron chi connectivity index (χ0n) is 6.83. The Bertz CT molecular complexity index is 339. The third-order valence-electron chi connectivity index (χ3n) is 1.85. The molecule has 1 atom stereocenters. The average Bonchev–Trinajstić information content (AvgIpc) is 2.84. The molecule has 0 amide bonds. The van der Waals surface area contributed by atoms with Crippen molar-refractivity contribution in [1.82, 2.24) is 10.3 Å². The van der Waals surface area contributed by atoms with Crippen LogP contribution in [0.3, 0.4) is 0 Å². The van der Waals surface area contributed by atoms with Gasteiger partial charge in [0.25, 0.3) is 0 Å². The Balaban J connectivity index is 2.07. The number of halogens is 1. The van der Waals surface area contributed by atoms with Crippen molar-refractivity contribution in [1.29, 1.82) is 5.26 Å². The van der Waals surface area contributed by atoms with Crippen LogP contribution < -0.4 is 5.32 Å². The first-order chi connectivity index (χ1) is 6.29. The smallest absolute Gasteiger partial charge is 0.148 e. The number of nitrogens with zero attached hydrogens (tertiary/aromatic N) is 2. The number of nitrogens with one attached hydrogen (secondary N) is 1. The Kier molecular flexibility index (Phi) is 2.49. The number of aromatic nitrogens is 1. The van der Waals surface area contributed by atoms with Crippen molar-refractivity contribution >= 4 is 22.9 Å². The molecule has 0 aliphatic heterocycles. The fraction of sp³-hybridized carbons (Fsp3) is 0.500. The highest BCUT2D eigenvalue weighted by molar-refractivity contribution is 7.15. The van der Waals surface area contributed by atoms with Gasteiger partial charge in [0.05, 0.1) is 12.3 Å². The van der Waals surface area contributed by atoms with Crippen LogP contribution >= 0.6 is 22.9 Å². The third-order valence-corrected chi connectivity index (χ3v) is 3.03. The molecule has 0 bridgehead atoms. The van der Waals surface area contributed by atoms with Gasteiger partial charge < -0.3 is 0 Å². The van der Waals surface area contributed by atoms with Gasteiger partial charge in [0.15, 0.2) is 0 Å². The molecule has 5 heteroatoms. The second-order valence-corrected chi connectivity index (χ2v) is 4.70. The molecule has 0 saturated heterocycles. The van der Waals surface area contributed by atoms with E-state index < -0.39 is 0 Å². The summed E-state index contributed by atoms with van der Waals surface area (Å²) in [4.78, 5) is 4.07. The van der Waals surface area contributed by atoms with Crippen molar-refractivity contribution in [2.24, 2.45) is 0 Å². The normalized spacial score (nSPS) is 18.2. The van der Waals surface area contributed by atoms with Gasteiger partial charge in [-0.1, -0.05) is 11.6 Å². The molecule has 1 aromatic rings. The first-order valence-electron chi connectivity index (χ1n) is 4.06. The first kappa shape index (κ1) is 8.95. The highest BCUT2D eigenvalue weighted by atomic mass is 35.5. The minimum Gasteiger partial charge on any atom is -0.293 e. The molecule has 1 N–H and O–H groups in total. The molecule has 3 nitrogen and oxygen atoms in total. The van der Waals surface area contributed by atoms with E-state index in [-0.39, 0.29) is 6.04 Å². The molecule has 1 aromatic heterocycles. The molecule has 1 saturated carbocycles. The summed E-state index contributed by atoms with van der Waals surface area (Å²) in [5.41, 5.74) is 0. The Morgan fingerprint density at radius 3 is 3.00 bits per heavy atom. The summed E-state index contributed by atoms with van der Waals surface area (Å²) >= 11 is 7.09. The minimum absolute atomic E-state index is 0.287. The Labute approximate surface area is 85.4 Å². The Hall–Kier alpha value is -0.630. The van der Waals surface area contributed by atoms with Crippen LogP contribution in [-0.4, -0.2) is 11.0 Å². The van der Waals surface area contributed by atoms with Crippen LogP contribution in [0.15, 0.2) is 6.20 Å². The molecule has 1 aliphatic rings. The van der Waals surface area contributed by atoms with E-state index in [2.05, 4.69) is 16.4 Å². The van der Waals surface area contributed by atoms with Crippen molar-refractivity contribution in [2.75, 3.05) is 0 Å². The van der Waals surface area contributed by atoms with Crippen molar-refractivity contribution in [3.05, 3.63) is 15.5 Å². The van der Waals surface area contributed by atoms with E-state index in [0.29, 0.717) is 10.4 Å². The summed E-state index contributed by atoms with van der Waals surface area (Å²) in [5, 5.41) is 12.8. The first-order valence-corrected chi connectivity index (χ1v) is 5.26. The SMILES string of the molecule is N#CC(NC1CC1)c1ncc(Cl)s1. The molecule has 1 unspecified atom stereocenters. The summed E-state index contributed by atoms with van der Waals surface area (Å²) in [6.45, 7) is 0. The lowest BCUT2D eigenvalue weighted by Gasteiger charge is -2.05. The van der Waals surface area contributed by atoms with E-state index in [4.69, 9.17) is 16.9 Å². The lowest BCUT2D eigenvalue weighted by atomic mass is 10.3. The molecule has 0 aromatic carbocycles. The van der Waals surface area contributed by atoms with Gasteiger partial charge in [-0.25, -0.2) is 4.98 Å². The standard InChI is InChI=1S/C8H8ClN3S/c9-7-4-11-8(13-7)6(3-10)12-5-1-2-5/h4-6,12H,1-2H2. The molecule has 68 valence electrons. The largest absolute Gasteiger partial charge is 0.293 e. The lowest BCUT2D eigenvalue weighted by Crippen LogP contribution is -2.21. The molecule has 1 fully saturated rings. The fourth-order valence-corrected chi connectivity index (χ4v) is 1.99. The van der Waals surface area contributed by atoms with E-state index in [1.54, 1.807) is 6.20 Å². The molecular formula is C8H8ClN3S. The van der Waals surface area contributed by atoms with Gasteiger partial charge in [-0.3, -0.25) is 5.32 Å². The highest BCUT2D eigenvalue weighted by Gasteiger charge is 2.26. The number of hydrogen-bond donors (Lipinski definition) is 1. The van der Waals surface area contributed by atoms with Crippen LogP contribution in [0.25, 0.3) is 0 Å². The van der Waals surface area contributed by atoms with Crippen molar-refractivity contribution in [3.8, 4) is 6.07 Å². The summed E-state index contributed by atoms with van der Waals surface area (Å²) < 4.78 is 0.632. The van der Waals surface area contributed by atoms with Crippen molar-refractivity contribution < 1.29 is 0 Å². The fourth-order valence-electron chi connectivity index (χ4n) is 1.05. The summed E-state index contributed by atoms with van der Waals surface area (Å²) in [6.07, 6.45) is 3.91. The van der Waals surface area contributed by atoms with Crippen LogP contribution in [0, 0.1) is 11.3 Å².